The van der Waals surface area contributed by atoms with Gasteiger partial charge >= 0.3 is 0 Å². The van der Waals surface area contributed by atoms with E-state index in [4.69, 9.17) is 16.3 Å². The summed E-state index contributed by atoms with van der Waals surface area (Å²) in [6, 6.07) is 20.7. The Morgan fingerprint density at radius 1 is 0.926 bits per heavy atom. The van der Waals surface area contributed by atoms with Crippen LogP contribution in [0.2, 0.25) is 5.02 Å². The van der Waals surface area contributed by atoms with Gasteiger partial charge in [0.25, 0.3) is 5.91 Å². The van der Waals surface area contributed by atoms with E-state index in [-0.39, 0.29) is 11.7 Å². The van der Waals surface area contributed by atoms with Crippen molar-refractivity contribution in [3.63, 3.8) is 0 Å². The zero-order valence-corrected chi connectivity index (χ0v) is 15.4. The molecule has 3 aromatic rings. The van der Waals surface area contributed by atoms with Gasteiger partial charge in [0.15, 0.2) is 0 Å². The largest absolute Gasteiger partial charge is 0.488 e. The number of nitrogens with one attached hydrogen (secondary N) is 1. The van der Waals surface area contributed by atoms with E-state index in [1.807, 2.05) is 18.2 Å². The minimum Gasteiger partial charge on any atom is -0.488 e. The summed E-state index contributed by atoms with van der Waals surface area (Å²) in [6.07, 6.45) is 0.625. The Morgan fingerprint density at radius 2 is 1.59 bits per heavy atom. The van der Waals surface area contributed by atoms with Crippen molar-refractivity contribution in [2.75, 3.05) is 6.54 Å². The minimum absolute atomic E-state index is 0.205. The van der Waals surface area contributed by atoms with Gasteiger partial charge < -0.3 is 10.1 Å². The first kappa shape index (κ1) is 18.9. The van der Waals surface area contributed by atoms with Gasteiger partial charge in [0.2, 0.25) is 0 Å². The highest BCUT2D eigenvalue weighted by Crippen LogP contribution is 2.20. The van der Waals surface area contributed by atoms with Gasteiger partial charge in [0, 0.05) is 11.6 Å². The highest BCUT2D eigenvalue weighted by molar-refractivity contribution is 6.30. The number of carbonyl (C=O) groups excluding carboxylic acids is 1. The molecule has 0 radical (unpaired) electrons. The van der Waals surface area contributed by atoms with Crippen LogP contribution in [0.15, 0.2) is 72.8 Å². The number of amides is 1. The van der Waals surface area contributed by atoms with E-state index in [0.29, 0.717) is 35.9 Å². The van der Waals surface area contributed by atoms with Crippen molar-refractivity contribution in [2.45, 2.75) is 13.0 Å². The predicted octanol–water partition coefficient (Wildman–Crippen LogP) is 5.03. The molecule has 0 aliphatic heterocycles. The molecule has 3 nitrogen and oxygen atoms in total. The molecule has 0 spiro atoms. The molecule has 0 fully saturated rings. The highest BCUT2D eigenvalue weighted by atomic mass is 35.5. The van der Waals surface area contributed by atoms with E-state index in [1.54, 1.807) is 42.5 Å². The molecule has 0 saturated heterocycles. The molecule has 0 aliphatic rings. The molecule has 1 amide bonds. The third kappa shape index (κ3) is 5.56. The maximum atomic E-state index is 12.9. The second-order valence-corrected chi connectivity index (χ2v) is 6.48. The quantitative estimate of drug-likeness (QED) is 0.621. The first-order chi connectivity index (χ1) is 13.1. The van der Waals surface area contributed by atoms with E-state index in [9.17, 15) is 9.18 Å². The van der Waals surface area contributed by atoms with Gasteiger partial charge in [-0.1, -0.05) is 48.0 Å². The summed E-state index contributed by atoms with van der Waals surface area (Å²) in [6.45, 7) is 0.799. The highest BCUT2D eigenvalue weighted by Gasteiger charge is 2.12. The molecule has 3 aromatic carbocycles. The number of hydrogen-bond donors (Lipinski definition) is 1. The standard InChI is InChI=1S/C22H19ClFNO2/c23-18-9-5-17(6-10-18)15-27-21-4-2-1-3-20(21)22(26)25-14-13-16-7-11-19(24)12-8-16/h1-12H,13-15H2,(H,25,26). The first-order valence-corrected chi connectivity index (χ1v) is 8.98. The summed E-state index contributed by atoms with van der Waals surface area (Å²) in [5.74, 6) is 0.0464. The fourth-order valence-electron chi connectivity index (χ4n) is 2.59. The number of hydrogen-bond acceptors (Lipinski definition) is 2. The molecule has 0 heterocycles. The van der Waals surface area contributed by atoms with E-state index in [0.717, 1.165) is 11.1 Å². The van der Waals surface area contributed by atoms with Gasteiger partial charge in [-0.3, -0.25) is 4.79 Å². The Morgan fingerprint density at radius 3 is 2.33 bits per heavy atom. The van der Waals surface area contributed by atoms with Crippen molar-refractivity contribution in [1.82, 2.24) is 5.32 Å². The van der Waals surface area contributed by atoms with Crippen LogP contribution in [0.1, 0.15) is 21.5 Å². The summed E-state index contributed by atoms with van der Waals surface area (Å²) >= 11 is 5.88. The summed E-state index contributed by atoms with van der Waals surface area (Å²) in [4.78, 5) is 12.5. The van der Waals surface area contributed by atoms with Crippen LogP contribution in [0.25, 0.3) is 0 Å². The molecule has 0 aliphatic carbocycles. The lowest BCUT2D eigenvalue weighted by Gasteiger charge is -2.12. The molecule has 0 bridgehead atoms. The normalized spacial score (nSPS) is 10.4. The van der Waals surface area contributed by atoms with Crippen LogP contribution in [0, 0.1) is 5.82 Å². The lowest BCUT2D eigenvalue weighted by molar-refractivity contribution is 0.0949. The predicted molar refractivity (Wildman–Crippen MR) is 105 cm³/mol. The van der Waals surface area contributed by atoms with Crippen molar-refractivity contribution in [1.29, 1.82) is 0 Å². The van der Waals surface area contributed by atoms with Crippen molar-refractivity contribution in [3.8, 4) is 5.75 Å². The van der Waals surface area contributed by atoms with Crippen molar-refractivity contribution in [2.24, 2.45) is 0 Å². The molecule has 3 rings (SSSR count). The number of rotatable bonds is 7. The number of benzene rings is 3. The SMILES string of the molecule is O=C(NCCc1ccc(F)cc1)c1ccccc1OCc1ccc(Cl)cc1. The maximum absolute atomic E-state index is 12.9. The number of halogens is 2. The van der Waals surface area contributed by atoms with E-state index in [2.05, 4.69) is 5.32 Å². The average molecular weight is 384 g/mol. The van der Waals surface area contributed by atoms with E-state index >= 15 is 0 Å². The van der Waals surface area contributed by atoms with Gasteiger partial charge in [-0.25, -0.2) is 4.39 Å². The minimum atomic E-state index is -0.269. The Hall–Kier alpha value is -2.85. The van der Waals surface area contributed by atoms with E-state index in [1.165, 1.54) is 12.1 Å². The molecule has 27 heavy (non-hydrogen) atoms. The van der Waals surface area contributed by atoms with Gasteiger partial charge in [-0.15, -0.1) is 0 Å². The summed E-state index contributed by atoms with van der Waals surface area (Å²) in [5, 5.41) is 3.54. The molecule has 0 atom stereocenters. The third-order valence-corrected chi connectivity index (χ3v) is 4.30. The Balaban J connectivity index is 1.57. The van der Waals surface area contributed by atoms with Crippen LogP contribution in [0.3, 0.4) is 0 Å². The molecule has 138 valence electrons. The van der Waals surface area contributed by atoms with E-state index < -0.39 is 0 Å². The third-order valence-electron chi connectivity index (χ3n) is 4.05. The van der Waals surface area contributed by atoms with Crippen LogP contribution >= 0.6 is 11.6 Å². The lowest BCUT2D eigenvalue weighted by atomic mass is 10.1. The topological polar surface area (TPSA) is 38.3 Å². The maximum Gasteiger partial charge on any atom is 0.255 e. The zero-order chi connectivity index (χ0) is 19.1. The second-order valence-electron chi connectivity index (χ2n) is 6.04. The smallest absolute Gasteiger partial charge is 0.255 e. The van der Waals surface area contributed by atoms with Crippen LogP contribution in [-0.2, 0) is 13.0 Å². The van der Waals surface area contributed by atoms with Crippen LogP contribution in [-0.4, -0.2) is 12.5 Å². The zero-order valence-electron chi connectivity index (χ0n) is 14.6. The fraction of sp³-hybridized carbons (Fsp3) is 0.136. The molecule has 0 unspecified atom stereocenters. The van der Waals surface area contributed by atoms with Crippen molar-refractivity contribution < 1.29 is 13.9 Å². The van der Waals surface area contributed by atoms with Gasteiger partial charge in [0.1, 0.15) is 18.2 Å². The second kappa shape index (κ2) is 9.19. The van der Waals surface area contributed by atoms with Gasteiger partial charge in [0.05, 0.1) is 5.56 Å². The first-order valence-electron chi connectivity index (χ1n) is 8.61. The molecular formula is C22H19ClFNO2. The Bertz CT molecular complexity index is 895. The van der Waals surface area contributed by atoms with Crippen LogP contribution < -0.4 is 10.1 Å². The Kier molecular flexibility index (Phi) is 6.44. The summed E-state index contributed by atoms with van der Waals surface area (Å²) < 4.78 is 18.7. The lowest BCUT2D eigenvalue weighted by Crippen LogP contribution is -2.26. The van der Waals surface area contributed by atoms with Crippen LogP contribution in [0.4, 0.5) is 4.39 Å². The summed E-state index contributed by atoms with van der Waals surface area (Å²) in [7, 11) is 0. The van der Waals surface area contributed by atoms with Crippen molar-refractivity contribution in [3.05, 3.63) is 100 Å². The monoisotopic (exact) mass is 383 g/mol. The molecule has 0 saturated carbocycles. The molecule has 5 heteroatoms. The number of carbonyl (C=O) groups is 1. The fourth-order valence-corrected chi connectivity index (χ4v) is 2.71. The average Bonchev–Trinajstić information content (AvgIpc) is 2.69. The van der Waals surface area contributed by atoms with Crippen molar-refractivity contribution >= 4 is 17.5 Å². The summed E-state index contributed by atoms with van der Waals surface area (Å²) in [5.41, 5.74) is 2.40. The Labute approximate surface area is 162 Å². The number of ether oxygens (including phenoxy) is 1. The molecular weight excluding hydrogens is 365 g/mol. The van der Waals surface area contributed by atoms with Gasteiger partial charge in [-0.2, -0.15) is 0 Å². The number of para-hydroxylation sites is 1. The van der Waals surface area contributed by atoms with Gasteiger partial charge in [-0.05, 0) is 53.9 Å². The molecule has 0 aromatic heterocycles. The molecule has 1 N–H and O–H groups in total. The van der Waals surface area contributed by atoms with Crippen LogP contribution in [0.5, 0.6) is 5.75 Å².